The highest BCUT2D eigenvalue weighted by Gasteiger charge is 1.69. The molecule has 3 heteroatoms. The van der Waals surface area contributed by atoms with Crippen molar-refractivity contribution in [2.45, 2.75) is 14.9 Å². The van der Waals surface area contributed by atoms with Gasteiger partial charge in [0.05, 0.1) is 12.9 Å². The van der Waals surface area contributed by atoms with E-state index in [1.807, 2.05) is 0 Å². The second kappa shape index (κ2) is 39.3. The molecular formula is C7H20O3. The minimum absolute atomic E-state index is 0. The summed E-state index contributed by atoms with van der Waals surface area (Å²) in [5.74, 6) is 0. The second-order valence-corrected chi connectivity index (χ2v) is 0.761. The SMILES string of the molecule is C.C.C=COCCO.CO. The molecule has 0 bridgehead atoms. The van der Waals surface area contributed by atoms with Gasteiger partial charge in [0.15, 0.2) is 0 Å². The molecule has 0 aliphatic rings. The Balaban J connectivity index is -0.0000000412. The second-order valence-electron chi connectivity index (χ2n) is 0.761. The normalized spacial score (nSPS) is 5.10. The Morgan fingerprint density at radius 3 is 1.90 bits per heavy atom. The number of aliphatic hydroxyl groups is 2. The molecule has 0 radical (unpaired) electrons. The molecule has 2 N–H and O–H groups in total. The third-order valence-electron chi connectivity index (χ3n) is 0.327. The minimum Gasteiger partial charge on any atom is -0.499 e. The maximum atomic E-state index is 8.02. The maximum absolute atomic E-state index is 8.02. The first-order valence-corrected chi connectivity index (χ1v) is 2.20. The van der Waals surface area contributed by atoms with E-state index < -0.39 is 0 Å². The molecule has 0 aliphatic heterocycles. The summed E-state index contributed by atoms with van der Waals surface area (Å²) in [6, 6.07) is 0. The minimum atomic E-state index is 0. The van der Waals surface area contributed by atoms with Crippen molar-refractivity contribution in [3.05, 3.63) is 12.8 Å². The lowest BCUT2D eigenvalue weighted by molar-refractivity contribution is 0.166. The molecular weight excluding hydrogens is 132 g/mol. The predicted octanol–water partition coefficient (Wildman–Crippen LogP) is 1.02. The Morgan fingerprint density at radius 1 is 1.40 bits per heavy atom. The van der Waals surface area contributed by atoms with Crippen LogP contribution in [0.3, 0.4) is 0 Å². The van der Waals surface area contributed by atoms with Crippen molar-refractivity contribution in [3.8, 4) is 0 Å². The zero-order chi connectivity index (χ0) is 6.83. The van der Waals surface area contributed by atoms with Crippen molar-refractivity contribution in [1.82, 2.24) is 0 Å². The molecule has 0 aromatic heterocycles. The summed E-state index contributed by atoms with van der Waals surface area (Å²) in [5.41, 5.74) is 0. The van der Waals surface area contributed by atoms with Gasteiger partial charge in [-0.1, -0.05) is 21.4 Å². The molecule has 0 spiro atoms. The van der Waals surface area contributed by atoms with Gasteiger partial charge in [0, 0.05) is 7.11 Å². The van der Waals surface area contributed by atoms with Gasteiger partial charge in [-0.3, -0.25) is 0 Å². The summed E-state index contributed by atoms with van der Waals surface area (Å²) in [7, 11) is 1.00. The molecule has 0 rings (SSSR count). The van der Waals surface area contributed by atoms with Crippen molar-refractivity contribution >= 4 is 0 Å². The van der Waals surface area contributed by atoms with Crippen LogP contribution in [-0.4, -0.2) is 30.5 Å². The largest absolute Gasteiger partial charge is 0.499 e. The van der Waals surface area contributed by atoms with Crippen LogP contribution >= 0.6 is 0 Å². The quantitative estimate of drug-likeness (QED) is 0.469. The summed E-state index contributed by atoms with van der Waals surface area (Å²) in [5, 5.41) is 15.0. The molecule has 0 aromatic rings. The van der Waals surface area contributed by atoms with Gasteiger partial charge in [-0.15, -0.1) is 0 Å². The van der Waals surface area contributed by atoms with Crippen molar-refractivity contribution in [3.63, 3.8) is 0 Å². The van der Waals surface area contributed by atoms with Gasteiger partial charge in [0.2, 0.25) is 0 Å². The molecule has 10 heavy (non-hydrogen) atoms. The Labute approximate surface area is 64.0 Å². The van der Waals surface area contributed by atoms with Gasteiger partial charge < -0.3 is 14.9 Å². The van der Waals surface area contributed by atoms with Gasteiger partial charge in [0.1, 0.15) is 6.61 Å². The van der Waals surface area contributed by atoms with Crippen LogP contribution in [0.4, 0.5) is 0 Å². The summed E-state index contributed by atoms with van der Waals surface area (Å²) < 4.78 is 4.50. The predicted molar refractivity (Wildman–Crippen MR) is 44.8 cm³/mol. The third kappa shape index (κ3) is 51.4. The first-order chi connectivity index (χ1) is 3.91. The molecule has 0 amide bonds. The van der Waals surface area contributed by atoms with E-state index in [1.165, 1.54) is 6.26 Å². The van der Waals surface area contributed by atoms with E-state index in [2.05, 4.69) is 11.3 Å². The Morgan fingerprint density at radius 2 is 1.80 bits per heavy atom. The van der Waals surface area contributed by atoms with E-state index in [0.717, 1.165) is 7.11 Å². The van der Waals surface area contributed by atoms with Crippen LogP contribution in [0.15, 0.2) is 12.8 Å². The van der Waals surface area contributed by atoms with Crippen molar-refractivity contribution in [2.75, 3.05) is 20.3 Å². The zero-order valence-corrected chi connectivity index (χ0v) is 5.00. The van der Waals surface area contributed by atoms with Crippen LogP contribution in [0.1, 0.15) is 14.9 Å². The van der Waals surface area contributed by atoms with E-state index in [1.54, 1.807) is 0 Å². The number of ether oxygens (including phenoxy) is 1. The first-order valence-electron chi connectivity index (χ1n) is 2.20. The lowest BCUT2D eigenvalue weighted by Gasteiger charge is -1.89. The summed E-state index contributed by atoms with van der Waals surface area (Å²) in [4.78, 5) is 0. The monoisotopic (exact) mass is 152 g/mol. The van der Waals surface area contributed by atoms with E-state index in [0.29, 0.717) is 6.61 Å². The number of rotatable bonds is 3. The first kappa shape index (κ1) is 22.7. The van der Waals surface area contributed by atoms with Crippen LogP contribution in [0.5, 0.6) is 0 Å². The lowest BCUT2D eigenvalue weighted by atomic mass is 10.8. The molecule has 0 fully saturated rings. The smallest absolute Gasteiger partial charge is 0.110 e. The molecule has 66 valence electrons. The number of aliphatic hydroxyl groups excluding tert-OH is 2. The van der Waals surface area contributed by atoms with Crippen LogP contribution in [0, 0.1) is 0 Å². The zero-order valence-electron chi connectivity index (χ0n) is 5.00. The topological polar surface area (TPSA) is 49.7 Å². The van der Waals surface area contributed by atoms with Crippen LogP contribution in [0.25, 0.3) is 0 Å². The molecule has 0 aliphatic carbocycles. The molecule has 0 saturated carbocycles. The van der Waals surface area contributed by atoms with Crippen molar-refractivity contribution < 1.29 is 14.9 Å². The Bertz CT molecular complexity index is 37.8. The van der Waals surface area contributed by atoms with Crippen LogP contribution in [-0.2, 0) is 4.74 Å². The number of hydrogen-bond donors (Lipinski definition) is 2. The van der Waals surface area contributed by atoms with E-state index in [-0.39, 0.29) is 21.5 Å². The highest BCUT2D eigenvalue weighted by Crippen LogP contribution is 1.67. The standard InChI is InChI=1S/C4H8O2.CH4O.2CH4/c1-2-6-4-3-5;1-2;;/h2,5H,1,3-4H2;2H,1H3;2*1H4. The summed E-state index contributed by atoms with van der Waals surface area (Å²) in [6.07, 6.45) is 1.30. The molecule has 0 saturated heterocycles. The average Bonchev–Trinajstić information content (AvgIpc) is 1.88. The van der Waals surface area contributed by atoms with E-state index in [4.69, 9.17) is 10.2 Å². The van der Waals surface area contributed by atoms with E-state index in [9.17, 15) is 0 Å². The molecule has 0 atom stereocenters. The van der Waals surface area contributed by atoms with Gasteiger partial charge in [-0.05, 0) is 0 Å². The molecule has 0 heterocycles. The highest BCUT2D eigenvalue weighted by molar-refractivity contribution is 4.46. The van der Waals surface area contributed by atoms with E-state index >= 15 is 0 Å². The lowest BCUT2D eigenvalue weighted by Crippen LogP contribution is -1.90. The average molecular weight is 152 g/mol. The fourth-order valence-electron chi connectivity index (χ4n) is 0.136. The molecule has 0 unspecified atom stereocenters. The molecule has 3 nitrogen and oxygen atoms in total. The highest BCUT2D eigenvalue weighted by atomic mass is 16.5. The van der Waals surface area contributed by atoms with Crippen LogP contribution in [0.2, 0.25) is 0 Å². The number of hydrogen-bond acceptors (Lipinski definition) is 3. The van der Waals surface area contributed by atoms with Gasteiger partial charge in [-0.2, -0.15) is 0 Å². The summed E-state index contributed by atoms with van der Waals surface area (Å²) in [6.45, 7) is 3.68. The fourth-order valence-corrected chi connectivity index (χ4v) is 0.136. The van der Waals surface area contributed by atoms with Crippen LogP contribution < -0.4 is 0 Å². The van der Waals surface area contributed by atoms with Crippen molar-refractivity contribution in [2.24, 2.45) is 0 Å². The summed E-state index contributed by atoms with van der Waals surface area (Å²) >= 11 is 0. The Kier molecular flexibility index (Phi) is 89.3. The van der Waals surface area contributed by atoms with Gasteiger partial charge >= 0.3 is 0 Å². The Hall–Kier alpha value is -0.540. The third-order valence-corrected chi connectivity index (χ3v) is 0.327. The fraction of sp³-hybridized carbons (Fsp3) is 0.714. The molecule has 0 aromatic carbocycles. The van der Waals surface area contributed by atoms with Gasteiger partial charge in [-0.25, -0.2) is 0 Å². The maximum Gasteiger partial charge on any atom is 0.110 e. The van der Waals surface area contributed by atoms with Crippen molar-refractivity contribution in [1.29, 1.82) is 0 Å². The van der Waals surface area contributed by atoms with Gasteiger partial charge in [0.25, 0.3) is 0 Å².